The highest BCUT2D eigenvalue weighted by Gasteiger charge is 2.32. The van der Waals surface area contributed by atoms with Gasteiger partial charge in [0, 0.05) is 31.7 Å². The van der Waals surface area contributed by atoms with Crippen molar-refractivity contribution in [2.24, 2.45) is 5.92 Å². The summed E-state index contributed by atoms with van der Waals surface area (Å²) < 4.78 is 0. The summed E-state index contributed by atoms with van der Waals surface area (Å²) in [5, 5.41) is 3.53. The highest BCUT2D eigenvalue weighted by Crippen LogP contribution is 2.23. The van der Waals surface area contributed by atoms with Gasteiger partial charge in [-0.05, 0) is 39.4 Å². The molecule has 0 aromatic carbocycles. The topological polar surface area (TPSA) is 18.5 Å². The quantitative estimate of drug-likeness (QED) is 0.722. The van der Waals surface area contributed by atoms with Crippen LogP contribution in [0.4, 0.5) is 0 Å². The normalized spacial score (nSPS) is 38.8. The van der Waals surface area contributed by atoms with E-state index in [1.807, 2.05) is 0 Å². The van der Waals surface area contributed by atoms with Crippen LogP contribution in [-0.2, 0) is 0 Å². The molecule has 2 rings (SSSR count). The molecule has 0 bridgehead atoms. The first-order chi connectivity index (χ1) is 7.18. The molecule has 0 aromatic heterocycles. The summed E-state index contributed by atoms with van der Waals surface area (Å²) in [6.07, 6.45) is 2.68. The summed E-state index contributed by atoms with van der Waals surface area (Å²) in [6, 6.07) is 1.56. The van der Waals surface area contributed by atoms with Crippen molar-refractivity contribution in [3.05, 3.63) is 0 Å². The van der Waals surface area contributed by atoms with Crippen molar-refractivity contribution in [3.63, 3.8) is 0 Å². The molecule has 2 heterocycles. The summed E-state index contributed by atoms with van der Waals surface area (Å²) in [6.45, 7) is 7.38. The van der Waals surface area contributed by atoms with Gasteiger partial charge in [-0.1, -0.05) is 6.92 Å². The Hall–Kier alpha value is -0.120. The SMILES string of the molecule is CC1CCNCC1N1CCC(N(C)C)C1. The number of piperidine rings is 1. The van der Waals surface area contributed by atoms with Crippen LogP contribution in [0.25, 0.3) is 0 Å². The number of hydrogen-bond acceptors (Lipinski definition) is 3. The van der Waals surface area contributed by atoms with Gasteiger partial charge in [-0.15, -0.1) is 0 Å². The van der Waals surface area contributed by atoms with Gasteiger partial charge in [0.15, 0.2) is 0 Å². The molecule has 0 aromatic rings. The van der Waals surface area contributed by atoms with Gasteiger partial charge in [-0.3, -0.25) is 4.90 Å². The Morgan fingerprint density at radius 1 is 1.27 bits per heavy atom. The second kappa shape index (κ2) is 4.81. The van der Waals surface area contributed by atoms with Crippen LogP contribution in [-0.4, -0.2) is 62.2 Å². The van der Waals surface area contributed by atoms with Gasteiger partial charge < -0.3 is 10.2 Å². The van der Waals surface area contributed by atoms with Crippen molar-refractivity contribution >= 4 is 0 Å². The molecule has 0 aliphatic carbocycles. The lowest BCUT2D eigenvalue weighted by atomic mass is 9.94. The summed E-state index contributed by atoms with van der Waals surface area (Å²) >= 11 is 0. The lowest BCUT2D eigenvalue weighted by Gasteiger charge is -2.37. The second-order valence-corrected chi connectivity index (χ2v) is 5.44. The third kappa shape index (κ3) is 2.52. The van der Waals surface area contributed by atoms with Crippen LogP contribution in [0.1, 0.15) is 19.8 Å². The van der Waals surface area contributed by atoms with E-state index in [2.05, 4.69) is 36.1 Å². The van der Waals surface area contributed by atoms with E-state index in [4.69, 9.17) is 0 Å². The smallest absolute Gasteiger partial charge is 0.0247 e. The number of hydrogen-bond donors (Lipinski definition) is 1. The van der Waals surface area contributed by atoms with E-state index in [-0.39, 0.29) is 0 Å². The monoisotopic (exact) mass is 211 g/mol. The zero-order valence-corrected chi connectivity index (χ0v) is 10.4. The molecule has 3 unspecified atom stereocenters. The molecule has 2 saturated heterocycles. The standard InChI is InChI=1S/C12H25N3/c1-10-4-6-13-8-12(10)15-7-5-11(9-15)14(2)3/h10-13H,4-9H2,1-3H3. The zero-order chi connectivity index (χ0) is 10.8. The Bertz CT molecular complexity index is 205. The third-order valence-corrected chi connectivity index (χ3v) is 4.18. The molecule has 0 amide bonds. The highest BCUT2D eigenvalue weighted by molar-refractivity contribution is 4.90. The fraction of sp³-hybridized carbons (Fsp3) is 1.00. The van der Waals surface area contributed by atoms with Gasteiger partial charge in [-0.25, -0.2) is 0 Å². The summed E-state index contributed by atoms with van der Waals surface area (Å²) in [5.41, 5.74) is 0. The Morgan fingerprint density at radius 2 is 2.07 bits per heavy atom. The fourth-order valence-electron chi connectivity index (χ4n) is 2.95. The molecule has 0 radical (unpaired) electrons. The van der Waals surface area contributed by atoms with Crippen molar-refractivity contribution in [1.29, 1.82) is 0 Å². The van der Waals surface area contributed by atoms with E-state index in [9.17, 15) is 0 Å². The van der Waals surface area contributed by atoms with Crippen molar-refractivity contribution in [2.45, 2.75) is 31.8 Å². The van der Waals surface area contributed by atoms with Crippen LogP contribution in [0.15, 0.2) is 0 Å². The molecule has 3 nitrogen and oxygen atoms in total. The molecule has 2 aliphatic heterocycles. The first-order valence-corrected chi connectivity index (χ1v) is 6.29. The molecule has 2 fully saturated rings. The minimum atomic E-state index is 0.777. The molecule has 2 aliphatic rings. The largest absolute Gasteiger partial charge is 0.315 e. The third-order valence-electron chi connectivity index (χ3n) is 4.18. The molecule has 1 N–H and O–H groups in total. The first kappa shape index (κ1) is 11.4. The van der Waals surface area contributed by atoms with E-state index in [1.165, 1.54) is 39.0 Å². The number of nitrogens with zero attached hydrogens (tertiary/aromatic N) is 2. The Kier molecular flexibility index (Phi) is 3.65. The minimum absolute atomic E-state index is 0.777. The summed E-state index contributed by atoms with van der Waals surface area (Å²) in [7, 11) is 4.41. The highest BCUT2D eigenvalue weighted by atomic mass is 15.3. The molecule has 0 saturated carbocycles. The molecule has 88 valence electrons. The number of rotatable bonds is 2. The summed E-state index contributed by atoms with van der Waals surface area (Å²) in [4.78, 5) is 5.07. The van der Waals surface area contributed by atoms with E-state index >= 15 is 0 Å². The Morgan fingerprint density at radius 3 is 2.67 bits per heavy atom. The van der Waals surface area contributed by atoms with E-state index < -0.39 is 0 Å². The van der Waals surface area contributed by atoms with Crippen molar-refractivity contribution in [2.75, 3.05) is 40.3 Å². The molecule has 3 heteroatoms. The van der Waals surface area contributed by atoms with Gasteiger partial charge in [0.25, 0.3) is 0 Å². The zero-order valence-electron chi connectivity index (χ0n) is 10.4. The van der Waals surface area contributed by atoms with Crippen molar-refractivity contribution < 1.29 is 0 Å². The van der Waals surface area contributed by atoms with Crippen LogP contribution in [0.3, 0.4) is 0 Å². The molecule has 15 heavy (non-hydrogen) atoms. The predicted octanol–water partition coefficient (Wildman–Crippen LogP) is 0.620. The minimum Gasteiger partial charge on any atom is -0.315 e. The van der Waals surface area contributed by atoms with E-state index in [0.29, 0.717) is 0 Å². The van der Waals surface area contributed by atoms with Crippen LogP contribution < -0.4 is 5.32 Å². The van der Waals surface area contributed by atoms with Crippen LogP contribution in [0.2, 0.25) is 0 Å². The van der Waals surface area contributed by atoms with E-state index in [1.54, 1.807) is 0 Å². The lowest BCUT2D eigenvalue weighted by Crippen LogP contribution is -2.50. The van der Waals surface area contributed by atoms with Gasteiger partial charge in [0.2, 0.25) is 0 Å². The maximum Gasteiger partial charge on any atom is 0.0247 e. The number of likely N-dealkylation sites (tertiary alicyclic amines) is 1. The van der Waals surface area contributed by atoms with E-state index in [0.717, 1.165) is 18.0 Å². The van der Waals surface area contributed by atoms with Crippen molar-refractivity contribution in [3.8, 4) is 0 Å². The maximum atomic E-state index is 3.53. The maximum absolute atomic E-state index is 3.53. The molecule has 3 atom stereocenters. The predicted molar refractivity (Wildman–Crippen MR) is 64.1 cm³/mol. The average molecular weight is 211 g/mol. The van der Waals surface area contributed by atoms with Gasteiger partial charge in [0.05, 0.1) is 0 Å². The van der Waals surface area contributed by atoms with Crippen LogP contribution >= 0.6 is 0 Å². The van der Waals surface area contributed by atoms with Crippen molar-refractivity contribution in [1.82, 2.24) is 15.1 Å². The average Bonchev–Trinajstić information content (AvgIpc) is 2.67. The summed E-state index contributed by atoms with van der Waals surface area (Å²) in [5.74, 6) is 0.868. The van der Waals surface area contributed by atoms with Crippen LogP contribution in [0, 0.1) is 5.92 Å². The fourth-order valence-corrected chi connectivity index (χ4v) is 2.95. The van der Waals surface area contributed by atoms with Gasteiger partial charge >= 0.3 is 0 Å². The van der Waals surface area contributed by atoms with Gasteiger partial charge in [0.1, 0.15) is 0 Å². The van der Waals surface area contributed by atoms with Gasteiger partial charge in [-0.2, -0.15) is 0 Å². The Labute approximate surface area is 93.8 Å². The second-order valence-electron chi connectivity index (χ2n) is 5.44. The van der Waals surface area contributed by atoms with Crippen LogP contribution in [0.5, 0.6) is 0 Å². The Balaban J connectivity index is 1.89. The molecular formula is C12H25N3. The first-order valence-electron chi connectivity index (χ1n) is 6.29. The number of likely N-dealkylation sites (N-methyl/N-ethyl adjacent to an activating group) is 1. The molecule has 0 spiro atoms. The molecular weight excluding hydrogens is 186 g/mol. The lowest BCUT2D eigenvalue weighted by molar-refractivity contribution is 0.140. The number of nitrogens with one attached hydrogen (secondary N) is 1.